The smallest absolute Gasteiger partial charge is 0.142 e. The summed E-state index contributed by atoms with van der Waals surface area (Å²) in [4.78, 5) is 16.3. The molecule has 6 heteroatoms. The molecule has 0 radical (unpaired) electrons. The van der Waals surface area contributed by atoms with Gasteiger partial charge in [0, 0.05) is 32.9 Å². The predicted molar refractivity (Wildman–Crippen MR) is 79.7 cm³/mol. The van der Waals surface area contributed by atoms with Gasteiger partial charge in [0.05, 0.1) is 18.0 Å². The van der Waals surface area contributed by atoms with Crippen molar-refractivity contribution in [3.63, 3.8) is 0 Å². The molecule has 2 aliphatic rings. The van der Waals surface area contributed by atoms with Crippen LogP contribution in [0.5, 0.6) is 0 Å². The summed E-state index contributed by atoms with van der Waals surface area (Å²) in [6, 6.07) is 4.28. The quantitative estimate of drug-likeness (QED) is 0.850. The van der Waals surface area contributed by atoms with Crippen molar-refractivity contribution in [1.29, 1.82) is 5.26 Å². The first-order chi connectivity index (χ1) is 10.3. The van der Waals surface area contributed by atoms with Gasteiger partial charge in [0.25, 0.3) is 0 Å². The van der Waals surface area contributed by atoms with Gasteiger partial charge < -0.3 is 9.88 Å². The molecule has 21 heavy (non-hydrogen) atoms. The van der Waals surface area contributed by atoms with E-state index >= 15 is 0 Å². The highest BCUT2D eigenvalue weighted by atomic mass is 15.2. The molecule has 1 aliphatic heterocycles. The number of nitriles is 1. The molecule has 2 fully saturated rings. The van der Waals surface area contributed by atoms with Crippen molar-refractivity contribution in [1.82, 2.24) is 19.9 Å². The predicted octanol–water partition coefficient (Wildman–Crippen LogP) is 1.10. The minimum Gasteiger partial charge on any atom is -0.359 e. The Bertz CT molecular complexity index is 689. The van der Waals surface area contributed by atoms with E-state index in [1.807, 2.05) is 12.3 Å². The zero-order chi connectivity index (χ0) is 14.4. The zero-order valence-corrected chi connectivity index (χ0v) is 12.0. The van der Waals surface area contributed by atoms with Gasteiger partial charge >= 0.3 is 0 Å². The van der Waals surface area contributed by atoms with Crippen LogP contribution in [0.4, 0.5) is 5.82 Å². The molecule has 108 valence electrons. The van der Waals surface area contributed by atoms with Crippen molar-refractivity contribution in [3.05, 3.63) is 18.6 Å². The number of fused-ring (bicyclic) bond motifs is 2. The van der Waals surface area contributed by atoms with Gasteiger partial charge in [0.2, 0.25) is 0 Å². The molecule has 3 heterocycles. The molecule has 0 amide bonds. The van der Waals surface area contributed by atoms with Crippen LogP contribution in [0.15, 0.2) is 18.6 Å². The zero-order valence-electron chi connectivity index (χ0n) is 12.0. The van der Waals surface area contributed by atoms with Crippen LogP contribution >= 0.6 is 0 Å². The minimum absolute atomic E-state index is 0.575. The summed E-state index contributed by atoms with van der Waals surface area (Å²) in [5.74, 6) is 3.28. The summed E-state index contributed by atoms with van der Waals surface area (Å²) in [6.45, 7) is 3.78. The van der Waals surface area contributed by atoms with Gasteiger partial charge in [-0.1, -0.05) is 0 Å². The number of rotatable bonds is 4. The fraction of sp³-hybridized carbons (Fsp3) is 0.533. The Kier molecular flexibility index (Phi) is 2.82. The van der Waals surface area contributed by atoms with Crippen molar-refractivity contribution >= 4 is 16.9 Å². The first-order valence-corrected chi connectivity index (χ1v) is 7.36. The third-order valence-electron chi connectivity index (χ3n) is 4.92. The third-order valence-corrected chi connectivity index (χ3v) is 4.92. The fourth-order valence-corrected chi connectivity index (χ4v) is 3.80. The molecule has 6 nitrogen and oxygen atoms in total. The van der Waals surface area contributed by atoms with E-state index in [1.54, 1.807) is 6.33 Å². The van der Waals surface area contributed by atoms with Gasteiger partial charge in [-0.15, -0.1) is 0 Å². The number of aromatic amines is 1. The average molecular weight is 282 g/mol. The second kappa shape index (κ2) is 4.71. The second-order valence-electron chi connectivity index (χ2n) is 6.16. The SMILES string of the molecule is CN(C[C@@H]1[C@@H]2CN(CC#N)C[C@@H]21)c1ncnc2[nH]ccc12. The van der Waals surface area contributed by atoms with E-state index in [-0.39, 0.29) is 0 Å². The van der Waals surface area contributed by atoms with Crippen LogP contribution in [0.25, 0.3) is 11.0 Å². The Morgan fingerprint density at radius 1 is 1.43 bits per heavy atom. The number of anilines is 1. The molecule has 1 aliphatic carbocycles. The van der Waals surface area contributed by atoms with E-state index in [0.29, 0.717) is 6.54 Å². The average Bonchev–Trinajstić information content (AvgIpc) is 2.90. The fourth-order valence-electron chi connectivity index (χ4n) is 3.80. The number of nitrogens with zero attached hydrogens (tertiary/aromatic N) is 5. The van der Waals surface area contributed by atoms with Gasteiger partial charge in [-0.05, 0) is 23.8 Å². The number of hydrogen-bond acceptors (Lipinski definition) is 5. The van der Waals surface area contributed by atoms with Crippen LogP contribution in [0.1, 0.15) is 0 Å². The maximum Gasteiger partial charge on any atom is 0.142 e. The van der Waals surface area contributed by atoms with E-state index in [2.05, 4.69) is 37.9 Å². The molecule has 0 unspecified atom stereocenters. The number of H-pyrrole nitrogens is 1. The Hall–Kier alpha value is -2.13. The van der Waals surface area contributed by atoms with Crippen molar-refractivity contribution in [3.8, 4) is 6.07 Å². The highest BCUT2D eigenvalue weighted by Crippen LogP contribution is 2.52. The van der Waals surface area contributed by atoms with Gasteiger partial charge in [-0.3, -0.25) is 4.90 Å². The summed E-state index contributed by atoms with van der Waals surface area (Å²) in [6.07, 6.45) is 3.52. The summed E-state index contributed by atoms with van der Waals surface area (Å²) >= 11 is 0. The van der Waals surface area contributed by atoms with Crippen LogP contribution in [0.2, 0.25) is 0 Å². The Balaban J connectivity index is 1.43. The van der Waals surface area contributed by atoms with E-state index in [4.69, 9.17) is 5.26 Å². The monoisotopic (exact) mass is 282 g/mol. The van der Waals surface area contributed by atoms with Crippen LogP contribution in [0, 0.1) is 29.1 Å². The van der Waals surface area contributed by atoms with Crippen molar-refractivity contribution in [2.24, 2.45) is 17.8 Å². The first-order valence-electron chi connectivity index (χ1n) is 7.36. The summed E-state index contributed by atoms with van der Waals surface area (Å²) in [5.41, 5.74) is 0.892. The standard InChI is InChI=1S/C15H18N6/c1-20(15-10-2-4-17-14(10)18-9-19-15)6-11-12-7-21(5-3-16)8-13(11)12/h2,4,9,11-13H,5-8H2,1H3,(H,17,18,19)/t11-,12+,13-. The molecule has 2 aromatic rings. The molecular weight excluding hydrogens is 264 g/mol. The molecule has 1 N–H and O–H groups in total. The lowest BCUT2D eigenvalue weighted by atomic mass is 10.2. The molecule has 0 aromatic carbocycles. The Morgan fingerprint density at radius 3 is 3.00 bits per heavy atom. The van der Waals surface area contributed by atoms with E-state index in [9.17, 15) is 0 Å². The van der Waals surface area contributed by atoms with Gasteiger partial charge in [-0.2, -0.15) is 5.26 Å². The number of hydrogen-bond donors (Lipinski definition) is 1. The number of nitrogens with one attached hydrogen (secondary N) is 1. The molecular formula is C15H18N6. The summed E-state index contributed by atoms with van der Waals surface area (Å²) in [5, 5.41) is 9.83. The summed E-state index contributed by atoms with van der Waals surface area (Å²) in [7, 11) is 2.11. The van der Waals surface area contributed by atoms with Gasteiger partial charge in [-0.25, -0.2) is 9.97 Å². The van der Waals surface area contributed by atoms with E-state index in [1.165, 1.54) is 0 Å². The van der Waals surface area contributed by atoms with Crippen molar-refractivity contribution in [2.45, 2.75) is 0 Å². The van der Waals surface area contributed by atoms with E-state index < -0.39 is 0 Å². The molecule has 0 bridgehead atoms. The van der Waals surface area contributed by atoms with Gasteiger partial charge in [0.15, 0.2) is 0 Å². The molecule has 1 saturated heterocycles. The maximum atomic E-state index is 8.75. The Labute approximate surface area is 123 Å². The number of aromatic nitrogens is 3. The second-order valence-corrected chi connectivity index (χ2v) is 6.16. The van der Waals surface area contributed by atoms with Crippen LogP contribution in [-0.2, 0) is 0 Å². The largest absolute Gasteiger partial charge is 0.359 e. The lowest BCUT2D eigenvalue weighted by molar-refractivity contribution is 0.318. The lowest BCUT2D eigenvalue weighted by Gasteiger charge is -2.21. The van der Waals surface area contributed by atoms with Crippen molar-refractivity contribution < 1.29 is 0 Å². The molecule has 3 atom stereocenters. The maximum absolute atomic E-state index is 8.75. The topological polar surface area (TPSA) is 71.8 Å². The minimum atomic E-state index is 0.575. The molecule has 1 saturated carbocycles. The Morgan fingerprint density at radius 2 is 2.24 bits per heavy atom. The van der Waals surface area contributed by atoms with Crippen LogP contribution < -0.4 is 4.90 Å². The van der Waals surface area contributed by atoms with Gasteiger partial charge in [0.1, 0.15) is 17.8 Å². The van der Waals surface area contributed by atoms with Crippen LogP contribution in [-0.4, -0.2) is 53.1 Å². The van der Waals surface area contributed by atoms with E-state index in [0.717, 1.165) is 54.2 Å². The number of piperidine rings is 1. The lowest BCUT2D eigenvalue weighted by Crippen LogP contribution is -2.29. The highest BCUT2D eigenvalue weighted by Gasteiger charge is 2.55. The van der Waals surface area contributed by atoms with Crippen molar-refractivity contribution in [2.75, 3.05) is 38.1 Å². The highest BCUT2D eigenvalue weighted by molar-refractivity contribution is 5.87. The molecule has 4 rings (SSSR count). The third kappa shape index (κ3) is 2.05. The first kappa shape index (κ1) is 12.6. The number of likely N-dealkylation sites (tertiary alicyclic amines) is 1. The molecule has 2 aromatic heterocycles. The molecule has 0 spiro atoms. The summed E-state index contributed by atoms with van der Waals surface area (Å²) < 4.78 is 0. The van der Waals surface area contributed by atoms with Crippen LogP contribution in [0.3, 0.4) is 0 Å². The normalized spacial score (nSPS) is 27.5.